The van der Waals surface area contributed by atoms with E-state index >= 15 is 0 Å². The number of allylic oxidation sites excluding steroid dienone is 5. The van der Waals surface area contributed by atoms with Crippen molar-refractivity contribution in [3.05, 3.63) is 58.8 Å². The molecule has 1 aliphatic carbocycles. The highest BCUT2D eigenvalue weighted by atomic mass is 16.5. The van der Waals surface area contributed by atoms with Crippen LogP contribution >= 0.6 is 0 Å². The molecule has 1 N–H and O–H groups in total. The van der Waals surface area contributed by atoms with E-state index in [4.69, 9.17) is 4.74 Å². The van der Waals surface area contributed by atoms with Crippen molar-refractivity contribution in [1.82, 2.24) is 0 Å². The van der Waals surface area contributed by atoms with Gasteiger partial charge >= 0.3 is 5.97 Å². The topological polar surface area (TPSA) is 49.8 Å². The average Bonchev–Trinajstić information content (AvgIpc) is 2.58. The van der Waals surface area contributed by atoms with E-state index < -0.39 is 5.97 Å². The van der Waals surface area contributed by atoms with Crippen LogP contribution in [-0.2, 0) is 15.6 Å². The highest BCUT2D eigenvalue weighted by Crippen LogP contribution is 2.47. The van der Waals surface area contributed by atoms with Gasteiger partial charge in [-0.1, -0.05) is 52.0 Å². The van der Waals surface area contributed by atoms with Gasteiger partial charge in [0.2, 0.25) is 0 Å². The maximum absolute atomic E-state index is 12.1. The van der Waals surface area contributed by atoms with Crippen LogP contribution in [0.2, 0.25) is 0 Å². The second kappa shape index (κ2) is 6.59. The van der Waals surface area contributed by atoms with Crippen LogP contribution in [0.1, 0.15) is 52.7 Å². The van der Waals surface area contributed by atoms with Gasteiger partial charge in [0.25, 0.3) is 0 Å². The highest BCUT2D eigenvalue weighted by Gasteiger charge is 2.36. The van der Waals surface area contributed by atoms with Crippen molar-refractivity contribution in [1.29, 1.82) is 0 Å². The predicted octanol–water partition coefficient (Wildman–Crippen LogP) is 4.95. The Morgan fingerprint density at radius 1 is 1.15 bits per heavy atom. The van der Waals surface area contributed by atoms with Crippen molar-refractivity contribution in [2.45, 2.75) is 52.4 Å². The van der Waals surface area contributed by atoms with E-state index in [0.717, 1.165) is 17.0 Å². The molecule has 0 radical (unpaired) electrons. The molecule has 1 aliphatic heterocycles. The largest absolute Gasteiger partial charge is 0.490 e. The van der Waals surface area contributed by atoms with Crippen molar-refractivity contribution < 1.29 is 14.6 Å². The molecule has 0 saturated heterocycles. The third-order valence-electron chi connectivity index (χ3n) is 5.53. The van der Waals surface area contributed by atoms with Crippen molar-refractivity contribution >= 4 is 11.7 Å². The summed E-state index contributed by atoms with van der Waals surface area (Å²) in [6, 6.07) is 4.23. The van der Waals surface area contributed by atoms with Crippen LogP contribution in [-0.4, -0.2) is 24.2 Å². The highest BCUT2D eigenvalue weighted by molar-refractivity contribution is 5.93. The van der Waals surface area contributed by atoms with Crippen molar-refractivity contribution in [2.24, 2.45) is 0 Å². The van der Waals surface area contributed by atoms with Crippen LogP contribution in [0.15, 0.2) is 47.7 Å². The Kier molecular flexibility index (Phi) is 4.71. The second-order valence-electron chi connectivity index (χ2n) is 8.48. The summed E-state index contributed by atoms with van der Waals surface area (Å²) in [5.41, 5.74) is 4.13. The van der Waals surface area contributed by atoms with Gasteiger partial charge in [0.15, 0.2) is 0 Å². The zero-order valence-electron chi connectivity index (χ0n) is 17.1. The van der Waals surface area contributed by atoms with Crippen LogP contribution in [0.5, 0.6) is 5.75 Å². The number of hydrogen-bond acceptors (Lipinski definition) is 3. The lowest BCUT2D eigenvalue weighted by Crippen LogP contribution is -2.37. The van der Waals surface area contributed by atoms with Crippen molar-refractivity contribution in [2.75, 3.05) is 18.1 Å². The summed E-state index contributed by atoms with van der Waals surface area (Å²) >= 11 is 0. The fraction of sp³-hybridized carbons (Fsp3) is 0.435. The van der Waals surface area contributed by atoms with Gasteiger partial charge in [-0.05, 0) is 42.7 Å². The number of ether oxygens (including phenoxy) is 1. The first kappa shape index (κ1) is 19.3. The van der Waals surface area contributed by atoms with Crippen LogP contribution in [0.3, 0.4) is 0 Å². The molecule has 0 aromatic heterocycles. The molecule has 27 heavy (non-hydrogen) atoms. The number of carboxylic acids is 1. The molecule has 0 saturated carbocycles. The maximum atomic E-state index is 12.1. The van der Waals surface area contributed by atoms with E-state index in [0.29, 0.717) is 18.8 Å². The lowest BCUT2D eigenvalue weighted by atomic mass is 9.68. The predicted molar refractivity (Wildman–Crippen MR) is 110 cm³/mol. The molecule has 3 rings (SSSR count). The molecule has 1 aromatic carbocycles. The average molecular weight is 367 g/mol. The lowest BCUT2D eigenvalue weighted by Gasteiger charge is -2.40. The molecular formula is C23H29NO3. The van der Waals surface area contributed by atoms with Gasteiger partial charge < -0.3 is 14.7 Å². The third-order valence-corrected chi connectivity index (χ3v) is 5.53. The van der Waals surface area contributed by atoms with E-state index in [1.165, 1.54) is 11.1 Å². The van der Waals surface area contributed by atoms with Crippen molar-refractivity contribution in [3.63, 3.8) is 0 Å². The zero-order chi connectivity index (χ0) is 20.0. The Labute approximate surface area is 161 Å². The number of hydrogen-bond donors (Lipinski definition) is 1. The molecule has 1 aromatic rings. The molecule has 4 nitrogen and oxygen atoms in total. The minimum atomic E-state index is -0.921. The van der Waals surface area contributed by atoms with Gasteiger partial charge in [-0.25, -0.2) is 4.79 Å². The summed E-state index contributed by atoms with van der Waals surface area (Å²) < 4.78 is 5.95. The maximum Gasteiger partial charge on any atom is 0.352 e. The Balaban J connectivity index is 2.23. The van der Waals surface area contributed by atoms with E-state index in [2.05, 4.69) is 52.0 Å². The minimum absolute atomic E-state index is 0.0855. The van der Waals surface area contributed by atoms with Gasteiger partial charge in [0.1, 0.15) is 18.1 Å². The third kappa shape index (κ3) is 3.29. The van der Waals surface area contributed by atoms with Crippen LogP contribution in [0.4, 0.5) is 5.69 Å². The van der Waals surface area contributed by atoms with Crippen molar-refractivity contribution in [3.8, 4) is 5.75 Å². The number of carboxylic acid groups (broad SMARTS) is 1. The molecule has 0 atom stereocenters. The SMILES string of the molecule is C/C=C/C(C)=C(\C(=O)O)N1CCOc2cc3c(cc21)C(C)(C)C=CC3(C)C. The molecule has 0 spiro atoms. The molecule has 2 aliphatic rings. The summed E-state index contributed by atoms with van der Waals surface area (Å²) in [5.74, 6) is -0.165. The van der Waals surface area contributed by atoms with Gasteiger partial charge in [-0.2, -0.15) is 0 Å². The monoisotopic (exact) mass is 367 g/mol. The number of carbonyl (C=O) groups is 1. The fourth-order valence-electron chi connectivity index (χ4n) is 3.98. The van der Waals surface area contributed by atoms with Gasteiger partial charge in [0.05, 0.1) is 12.2 Å². The Morgan fingerprint density at radius 2 is 1.74 bits per heavy atom. The van der Waals surface area contributed by atoms with Crippen LogP contribution in [0, 0.1) is 0 Å². The van der Waals surface area contributed by atoms with Crippen LogP contribution < -0.4 is 9.64 Å². The summed E-state index contributed by atoms with van der Waals surface area (Å²) in [4.78, 5) is 13.9. The molecule has 0 fully saturated rings. The minimum Gasteiger partial charge on any atom is -0.490 e. The van der Waals surface area contributed by atoms with E-state index in [1.807, 2.05) is 30.9 Å². The Hall–Kier alpha value is -2.49. The van der Waals surface area contributed by atoms with Gasteiger partial charge in [0, 0.05) is 10.8 Å². The number of benzene rings is 1. The molecule has 0 unspecified atom stereocenters. The van der Waals surface area contributed by atoms with Crippen LogP contribution in [0.25, 0.3) is 0 Å². The number of aliphatic carboxylic acids is 1. The number of anilines is 1. The quantitative estimate of drug-likeness (QED) is 0.467. The first-order chi connectivity index (χ1) is 12.6. The Bertz CT molecular complexity index is 872. The number of nitrogens with zero attached hydrogens (tertiary/aromatic N) is 1. The molecule has 0 amide bonds. The fourth-order valence-corrected chi connectivity index (χ4v) is 3.98. The number of rotatable bonds is 3. The standard InChI is InChI=1S/C23H29NO3/c1-7-8-15(2)20(21(25)26)24-11-12-27-19-14-17-16(13-18(19)24)22(3,4)9-10-23(17,5)6/h7-10,13-14H,11-12H2,1-6H3,(H,25,26)/b8-7+,20-15+. The summed E-state index contributed by atoms with van der Waals surface area (Å²) in [7, 11) is 0. The molecule has 4 heteroatoms. The number of fused-ring (bicyclic) bond motifs is 2. The summed E-state index contributed by atoms with van der Waals surface area (Å²) in [6.45, 7) is 13.5. The summed E-state index contributed by atoms with van der Waals surface area (Å²) in [6.07, 6.45) is 8.20. The summed E-state index contributed by atoms with van der Waals surface area (Å²) in [5, 5.41) is 9.89. The first-order valence-corrected chi connectivity index (χ1v) is 9.45. The van der Waals surface area contributed by atoms with Gasteiger partial charge in [-0.15, -0.1) is 0 Å². The lowest BCUT2D eigenvalue weighted by molar-refractivity contribution is -0.132. The van der Waals surface area contributed by atoms with E-state index in [1.54, 1.807) is 0 Å². The van der Waals surface area contributed by atoms with Gasteiger partial charge in [-0.3, -0.25) is 0 Å². The van der Waals surface area contributed by atoms with E-state index in [-0.39, 0.29) is 10.8 Å². The Morgan fingerprint density at radius 3 is 2.30 bits per heavy atom. The normalized spacial score (nSPS) is 20.6. The molecular weight excluding hydrogens is 338 g/mol. The molecule has 1 heterocycles. The smallest absolute Gasteiger partial charge is 0.352 e. The first-order valence-electron chi connectivity index (χ1n) is 9.45. The van der Waals surface area contributed by atoms with E-state index in [9.17, 15) is 9.90 Å². The second-order valence-corrected chi connectivity index (χ2v) is 8.48. The molecule has 0 bridgehead atoms. The zero-order valence-corrected chi connectivity index (χ0v) is 17.1. The molecule has 144 valence electrons.